The van der Waals surface area contributed by atoms with Crippen molar-refractivity contribution in [2.75, 3.05) is 0 Å². The number of carbonyl (C=O) groups is 2. The number of hydrogen-bond acceptors (Lipinski definition) is 3. The van der Waals surface area contributed by atoms with Crippen LogP contribution in [-0.4, -0.2) is 28.8 Å². The Kier molecular flexibility index (Phi) is 6.35. The fraction of sp³-hybridized carbons (Fsp3) is 0.429. The van der Waals surface area contributed by atoms with Gasteiger partial charge in [0.05, 0.1) is 10.0 Å². The number of ether oxygens (including phenoxy) is 1. The van der Waals surface area contributed by atoms with Gasteiger partial charge in [-0.25, -0.2) is 9.59 Å². The van der Waals surface area contributed by atoms with E-state index in [0.29, 0.717) is 5.56 Å². The lowest BCUT2D eigenvalue weighted by molar-refractivity contribution is -0.139. The Morgan fingerprint density at radius 2 is 1.73 bits per heavy atom. The van der Waals surface area contributed by atoms with Crippen molar-refractivity contribution < 1.29 is 19.4 Å². The minimum atomic E-state index is -1.21. The first-order valence-electron chi connectivity index (χ1n) is 6.35. The van der Waals surface area contributed by atoms with Gasteiger partial charge >= 0.3 is 12.1 Å². The van der Waals surface area contributed by atoms with E-state index in [9.17, 15) is 14.7 Å². The van der Waals surface area contributed by atoms with E-state index < -0.39 is 23.7 Å². The van der Waals surface area contributed by atoms with E-state index in [1.54, 1.807) is 20.8 Å². The van der Waals surface area contributed by atoms with Crippen LogP contribution in [0.1, 0.15) is 26.3 Å². The first-order valence-corrected chi connectivity index (χ1v) is 7.48. The van der Waals surface area contributed by atoms with E-state index in [-0.39, 0.29) is 21.5 Å². The molecule has 0 saturated heterocycles. The van der Waals surface area contributed by atoms with Gasteiger partial charge in [0.2, 0.25) is 0 Å². The van der Waals surface area contributed by atoms with Gasteiger partial charge in [-0.05, 0) is 38.5 Å². The number of rotatable bonds is 4. The van der Waals surface area contributed by atoms with Crippen molar-refractivity contribution in [3.05, 3.63) is 32.8 Å². The van der Waals surface area contributed by atoms with E-state index in [0.717, 1.165) is 0 Å². The number of halogens is 3. The molecule has 1 aromatic carbocycles. The Balaban J connectivity index is 2.88. The van der Waals surface area contributed by atoms with Gasteiger partial charge in [-0.15, -0.1) is 0 Å². The zero-order valence-corrected chi connectivity index (χ0v) is 14.5. The van der Waals surface area contributed by atoms with Gasteiger partial charge in [-0.2, -0.15) is 0 Å². The number of amides is 1. The predicted molar refractivity (Wildman–Crippen MR) is 86.0 cm³/mol. The Bertz CT molecular complexity index is 584. The largest absolute Gasteiger partial charge is 0.480 e. The maximum absolute atomic E-state index is 11.7. The van der Waals surface area contributed by atoms with E-state index in [2.05, 4.69) is 5.32 Å². The molecule has 8 heteroatoms. The molecule has 0 aliphatic heterocycles. The average molecular weight is 369 g/mol. The minimum absolute atomic E-state index is 0.0513. The summed E-state index contributed by atoms with van der Waals surface area (Å²) in [5, 5.41) is 12.3. The third kappa shape index (κ3) is 5.91. The lowest BCUT2D eigenvalue weighted by atomic mass is 10.1. The third-order valence-electron chi connectivity index (χ3n) is 2.50. The van der Waals surface area contributed by atoms with Crippen LogP contribution in [0.25, 0.3) is 0 Å². The van der Waals surface area contributed by atoms with E-state index in [4.69, 9.17) is 39.5 Å². The Hall–Kier alpha value is -1.17. The van der Waals surface area contributed by atoms with Gasteiger partial charge in [0.1, 0.15) is 11.6 Å². The number of carboxylic acids is 1. The van der Waals surface area contributed by atoms with Crippen LogP contribution in [0.3, 0.4) is 0 Å². The molecule has 22 heavy (non-hydrogen) atoms. The van der Waals surface area contributed by atoms with Crippen LogP contribution >= 0.6 is 34.8 Å². The Labute approximate surface area is 143 Å². The van der Waals surface area contributed by atoms with Crippen LogP contribution in [0.2, 0.25) is 15.1 Å². The van der Waals surface area contributed by atoms with E-state index >= 15 is 0 Å². The molecule has 1 atom stereocenters. The lowest BCUT2D eigenvalue weighted by Crippen LogP contribution is -2.44. The van der Waals surface area contributed by atoms with Crippen LogP contribution in [0.5, 0.6) is 0 Å². The van der Waals surface area contributed by atoms with Crippen LogP contribution in [0, 0.1) is 0 Å². The van der Waals surface area contributed by atoms with Gasteiger partial charge in [-0.1, -0.05) is 34.8 Å². The van der Waals surface area contributed by atoms with Gasteiger partial charge in [0.25, 0.3) is 0 Å². The van der Waals surface area contributed by atoms with Gasteiger partial charge < -0.3 is 15.2 Å². The standard InChI is InChI=1S/C14H16Cl3NO4/c1-14(2,3)22-13(21)18-11(12(19)20)5-7-4-9(16)10(17)6-8(7)15/h4,6,11H,5H2,1-3H3,(H,18,21)(H,19,20). The van der Waals surface area contributed by atoms with Crippen molar-refractivity contribution in [1.82, 2.24) is 5.32 Å². The fourth-order valence-electron chi connectivity index (χ4n) is 1.59. The molecule has 1 rings (SSSR count). The van der Waals surface area contributed by atoms with Crippen molar-refractivity contribution in [2.45, 2.75) is 38.8 Å². The molecule has 0 saturated carbocycles. The molecule has 1 aromatic rings. The summed E-state index contributed by atoms with van der Waals surface area (Å²) >= 11 is 17.7. The molecule has 0 fully saturated rings. The van der Waals surface area contributed by atoms with Crippen molar-refractivity contribution in [3.8, 4) is 0 Å². The van der Waals surface area contributed by atoms with Crippen LogP contribution in [0.4, 0.5) is 4.79 Å². The molecule has 0 heterocycles. The number of benzene rings is 1. The zero-order chi connectivity index (χ0) is 17.1. The maximum atomic E-state index is 11.7. The second kappa shape index (κ2) is 7.40. The summed E-state index contributed by atoms with van der Waals surface area (Å²) in [5.41, 5.74) is -0.270. The summed E-state index contributed by atoms with van der Waals surface area (Å²) in [6.07, 6.45) is -0.874. The maximum Gasteiger partial charge on any atom is 0.408 e. The molecular weight excluding hydrogens is 353 g/mol. The molecule has 0 bridgehead atoms. The van der Waals surface area contributed by atoms with Crippen LogP contribution < -0.4 is 5.32 Å². The first-order chi connectivity index (χ1) is 9.99. The molecule has 0 aliphatic carbocycles. The summed E-state index contributed by atoms with van der Waals surface area (Å²) in [4.78, 5) is 23.0. The second-order valence-corrected chi connectivity index (χ2v) is 6.82. The van der Waals surface area contributed by atoms with Gasteiger partial charge in [0, 0.05) is 11.4 Å². The topological polar surface area (TPSA) is 75.6 Å². The molecular formula is C14H16Cl3NO4. The third-order valence-corrected chi connectivity index (χ3v) is 3.58. The predicted octanol–water partition coefficient (Wildman–Crippen LogP) is 4.17. The lowest BCUT2D eigenvalue weighted by Gasteiger charge is -2.22. The van der Waals surface area contributed by atoms with E-state index in [1.807, 2.05) is 0 Å². The first kappa shape index (κ1) is 18.9. The van der Waals surface area contributed by atoms with E-state index in [1.165, 1.54) is 12.1 Å². The van der Waals surface area contributed by atoms with Gasteiger partial charge in [-0.3, -0.25) is 0 Å². The molecule has 0 aliphatic rings. The molecule has 2 N–H and O–H groups in total. The highest BCUT2D eigenvalue weighted by Gasteiger charge is 2.25. The number of aliphatic carboxylic acids is 1. The molecule has 1 unspecified atom stereocenters. The zero-order valence-electron chi connectivity index (χ0n) is 12.2. The molecule has 0 aromatic heterocycles. The average Bonchev–Trinajstić information content (AvgIpc) is 2.32. The molecule has 5 nitrogen and oxygen atoms in total. The summed E-state index contributed by atoms with van der Waals surface area (Å²) in [6.45, 7) is 5.04. The fourth-order valence-corrected chi connectivity index (χ4v) is 2.24. The number of carbonyl (C=O) groups excluding carboxylic acids is 1. The SMILES string of the molecule is CC(C)(C)OC(=O)NC(Cc1cc(Cl)c(Cl)cc1Cl)C(=O)O. The highest BCUT2D eigenvalue weighted by Crippen LogP contribution is 2.29. The number of alkyl carbamates (subject to hydrolysis) is 1. The number of nitrogens with one attached hydrogen (secondary N) is 1. The smallest absolute Gasteiger partial charge is 0.408 e. The Morgan fingerprint density at radius 3 is 2.23 bits per heavy atom. The highest BCUT2D eigenvalue weighted by molar-refractivity contribution is 6.43. The molecule has 0 radical (unpaired) electrons. The number of carboxylic acid groups (broad SMARTS) is 1. The molecule has 0 spiro atoms. The van der Waals surface area contributed by atoms with Crippen LogP contribution in [0.15, 0.2) is 12.1 Å². The quantitative estimate of drug-likeness (QED) is 0.782. The van der Waals surface area contributed by atoms with Crippen molar-refractivity contribution in [2.24, 2.45) is 0 Å². The summed E-state index contributed by atoms with van der Waals surface area (Å²) in [6, 6.07) is 1.69. The van der Waals surface area contributed by atoms with Crippen LogP contribution in [-0.2, 0) is 16.0 Å². The number of hydrogen-bond donors (Lipinski definition) is 2. The monoisotopic (exact) mass is 367 g/mol. The normalized spacial score (nSPS) is 12.6. The minimum Gasteiger partial charge on any atom is -0.480 e. The summed E-state index contributed by atoms with van der Waals surface area (Å²) in [5.74, 6) is -1.21. The highest BCUT2D eigenvalue weighted by atomic mass is 35.5. The van der Waals surface area contributed by atoms with Gasteiger partial charge in [0.15, 0.2) is 0 Å². The summed E-state index contributed by atoms with van der Waals surface area (Å²) < 4.78 is 5.04. The molecule has 1 amide bonds. The molecule has 122 valence electrons. The second-order valence-electron chi connectivity index (χ2n) is 5.60. The Morgan fingerprint density at radius 1 is 1.18 bits per heavy atom. The van der Waals surface area contributed by atoms with Crippen molar-refractivity contribution in [1.29, 1.82) is 0 Å². The summed E-state index contributed by atoms with van der Waals surface area (Å²) in [7, 11) is 0. The van der Waals surface area contributed by atoms with Crippen molar-refractivity contribution >= 4 is 46.9 Å². The van der Waals surface area contributed by atoms with Crippen molar-refractivity contribution in [3.63, 3.8) is 0 Å².